The van der Waals surface area contributed by atoms with Crippen molar-refractivity contribution >= 4 is 37.2 Å². The second-order valence-corrected chi connectivity index (χ2v) is 9.79. The second-order valence-electron chi connectivity index (χ2n) is 6.76. The molecular formula is C23H20N2O4S2. The molecule has 0 saturated carbocycles. The number of carbonyl (C=O) groups is 1. The molecule has 4 rings (SSSR count). The van der Waals surface area contributed by atoms with Crippen LogP contribution in [0.3, 0.4) is 0 Å². The summed E-state index contributed by atoms with van der Waals surface area (Å²) in [6, 6.07) is 16.6. The van der Waals surface area contributed by atoms with Gasteiger partial charge in [0, 0.05) is 18.9 Å². The number of hydrogen-bond donors (Lipinski definition) is 1. The fraction of sp³-hybridized carbons (Fsp3) is 0.130. The Morgan fingerprint density at radius 3 is 2.35 bits per heavy atom. The molecule has 0 bridgehead atoms. The molecular weight excluding hydrogens is 432 g/mol. The maximum absolute atomic E-state index is 12.8. The van der Waals surface area contributed by atoms with E-state index in [2.05, 4.69) is 10.3 Å². The summed E-state index contributed by atoms with van der Waals surface area (Å²) in [6.07, 6.45) is 3.43. The number of thiophene rings is 1. The molecule has 2 aromatic carbocycles. The van der Waals surface area contributed by atoms with Gasteiger partial charge in [0.05, 0.1) is 26.0 Å². The van der Waals surface area contributed by atoms with Crippen molar-refractivity contribution in [3.63, 3.8) is 0 Å². The maximum atomic E-state index is 12.8. The number of fused-ring (bicyclic) bond motifs is 1. The minimum Gasteiger partial charge on any atom is -0.494 e. The first-order chi connectivity index (χ1) is 15.0. The van der Waals surface area contributed by atoms with Crippen LogP contribution in [-0.2, 0) is 16.4 Å². The third-order valence-electron chi connectivity index (χ3n) is 4.68. The molecule has 0 aliphatic heterocycles. The molecule has 0 aliphatic rings. The molecule has 0 atom stereocenters. The summed E-state index contributed by atoms with van der Waals surface area (Å²) in [5.74, 6) is 0.453. The van der Waals surface area contributed by atoms with Gasteiger partial charge < -0.3 is 10.1 Å². The van der Waals surface area contributed by atoms with Crippen LogP contribution in [-0.4, -0.2) is 25.9 Å². The van der Waals surface area contributed by atoms with Gasteiger partial charge in [0.2, 0.25) is 9.84 Å². The number of benzene rings is 2. The lowest BCUT2D eigenvalue weighted by molar-refractivity contribution is 0.0955. The number of hydrogen-bond acceptors (Lipinski definition) is 6. The Bertz CT molecular complexity index is 1280. The lowest BCUT2D eigenvalue weighted by atomic mass is 10.2. The zero-order valence-electron chi connectivity index (χ0n) is 16.7. The molecule has 1 N–H and O–H groups in total. The van der Waals surface area contributed by atoms with Crippen molar-refractivity contribution in [2.75, 3.05) is 6.61 Å². The maximum Gasteiger partial charge on any atom is 0.261 e. The Labute approximate surface area is 184 Å². The molecule has 8 heteroatoms. The van der Waals surface area contributed by atoms with E-state index in [9.17, 15) is 13.2 Å². The van der Waals surface area contributed by atoms with Gasteiger partial charge in [0.15, 0.2) is 0 Å². The second kappa shape index (κ2) is 8.87. The molecule has 158 valence electrons. The number of nitrogens with zero attached hydrogens (tertiary/aromatic N) is 1. The fourth-order valence-corrected chi connectivity index (χ4v) is 5.28. The average Bonchev–Trinajstić information content (AvgIpc) is 3.23. The molecule has 2 heterocycles. The van der Waals surface area contributed by atoms with Crippen molar-refractivity contribution < 1.29 is 17.9 Å². The molecule has 31 heavy (non-hydrogen) atoms. The average molecular weight is 453 g/mol. The highest BCUT2D eigenvalue weighted by atomic mass is 32.2. The minimum atomic E-state index is -3.62. The SMILES string of the molecule is CCOc1ccc(S(=O)(=O)c2ccc(CNC(=O)c3cc4ccncc4s3)cc2)cc1. The Balaban J connectivity index is 1.43. The number of aromatic nitrogens is 1. The summed E-state index contributed by atoms with van der Waals surface area (Å²) in [5, 5.41) is 3.85. The van der Waals surface area contributed by atoms with Crippen molar-refractivity contribution in [3.05, 3.63) is 83.5 Å². The molecule has 0 aliphatic carbocycles. The number of carbonyl (C=O) groups excluding carboxylic acids is 1. The highest BCUT2D eigenvalue weighted by Gasteiger charge is 2.18. The summed E-state index contributed by atoms with van der Waals surface area (Å²) >= 11 is 1.39. The zero-order valence-corrected chi connectivity index (χ0v) is 18.4. The quantitative estimate of drug-likeness (QED) is 0.448. The number of sulfone groups is 1. The first kappa shape index (κ1) is 21.0. The van der Waals surface area contributed by atoms with Crippen LogP contribution in [0, 0.1) is 0 Å². The number of rotatable bonds is 7. The van der Waals surface area contributed by atoms with Crippen LogP contribution in [0.2, 0.25) is 0 Å². The molecule has 0 radical (unpaired) electrons. The van der Waals surface area contributed by atoms with E-state index in [1.165, 1.54) is 23.5 Å². The van der Waals surface area contributed by atoms with Crippen LogP contribution in [0.5, 0.6) is 5.75 Å². The summed E-state index contributed by atoms with van der Waals surface area (Å²) in [7, 11) is -3.62. The van der Waals surface area contributed by atoms with Crippen molar-refractivity contribution in [1.29, 1.82) is 0 Å². The van der Waals surface area contributed by atoms with Crippen molar-refractivity contribution in [3.8, 4) is 5.75 Å². The highest BCUT2D eigenvalue weighted by molar-refractivity contribution is 7.91. The first-order valence-electron chi connectivity index (χ1n) is 9.66. The van der Waals surface area contributed by atoms with Gasteiger partial charge in [-0.2, -0.15) is 0 Å². The normalized spacial score (nSPS) is 11.4. The third kappa shape index (κ3) is 4.60. The molecule has 4 aromatic rings. The summed E-state index contributed by atoms with van der Waals surface area (Å²) < 4.78 is 32.0. The van der Waals surface area contributed by atoms with Crippen LogP contribution >= 0.6 is 11.3 Å². The molecule has 0 saturated heterocycles. The lowest BCUT2D eigenvalue weighted by Crippen LogP contribution is -2.21. The first-order valence-corrected chi connectivity index (χ1v) is 12.0. The van der Waals surface area contributed by atoms with Crippen LogP contribution in [0.1, 0.15) is 22.2 Å². The van der Waals surface area contributed by atoms with E-state index in [-0.39, 0.29) is 15.7 Å². The van der Waals surface area contributed by atoms with Crippen LogP contribution < -0.4 is 10.1 Å². The van der Waals surface area contributed by atoms with Crippen LogP contribution in [0.25, 0.3) is 10.1 Å². The number of amides is 1. The predicted molar refractivity (Wildman–Crippen MR) is 120 cm³/mol. The van der Waals surface area contributed by atoms with Crippen molar-refractivity contribution in [1.82, 2.24) is 10.3 Å². The molecule has 2 aromatic heterocycles. The standard InChI is InChI=1S/C23H20N2O4S2/c1-2-29-18-5-9-20(10-6-18)31(27,28)19-7-3-16(4-8-19)14-25-23(26)21-13-17-11-12-24-15-22(17)30-21/h3-13,15H,2,14H2,1H3,(H,25,26). The Morgan fingerprint density at radius 2 is 1.71 bits per heavy atom. The Hall–Kier alpha value is -3.23. The van der Waals surface area contributed by atoms with Gasteiger partial charge >= 0.3 is 0 Å². The summed E-state index contributed by atoms with van der Waals surface area (Å²) in [5.41, 5.74) is 0.807. The van der Waals surface area contributed by atoms with Gasteiger partial charge in [-0.25, -0.2) is 8.42 Å². The van der Waals surface area contributed by atoms with Gasteiger partial charge in [-0.1, -0.05) is 12.1 Å². The number of nitrogens with one attached hydrogen (secondary N) is 1. The molecule has 0 fully saturated rings. The Morgan fingerprint density at radius 1 is 1.03 bits per heavy atom. The molecule has 0 spiro atoms. The van der Waals surface area contributed by atoms with E-state index in [0.29, 0.717) is 23.8 Å². The molecule has 1 amide bonds. The minimum absolute atomic E-state index is 0.174. The third-order valence-corrected chi connectivity index (χ3v) is 7.55. The summed E-state index contributed by atoms with van der Waals surface area (Å²) in [4.78, 5) is 17.5. The molecule has 0 unspecified atom stereocenters. The zero-order chi connectivity index (χ0) is 21.8. The van der Waals surface area contributed by atoms with Gasteiger partial charge in [0.1, 0.15) is 5.75 Å². The Kier molecular flexibility index (Phi) is 6.01. The highest BCUT2D eigenvalue weighted by Crippen LogP contribution is 2.25. The van der Waals surface area contributed by atoms with Crippen molar-refractivity contribution in [2.24, 2.45) is 0 Å². The van der Waals surface area contributed by atoms with Gasteiger partial charge in [0.25, 0.3) is 5.91 Å². The predicted octanol–water partition coefficient (Wildman–Crippen LogP) is 4.46. The monoisotopic (exact) mass is 452 g/mol. The van der Waals surface area contributed by atoms with Crippen LogP contribution in [0.15, 0.2) is 82.8 Å². The van der Waals surface area contributed by atoms with Gasteiger partial charge in [-0.15, -0.1) is 11.3 Å². The van der Waals surface area contributed by atoms with Crippen LogP contribution in [0.4, 0.5) is 0 Å². The number of pyridine rings is 1. The van der Waals surface area contributed by atoms with E-state index in [1.807, 2.05) is 19.1 Å². The number of ether oxygens (including phenoxy) is 1. The van der Waals surface area contributed by atoms with Crippen molar-refractivity contribution in [2.45, 2.75) is 23.3 Å². The van der Waals surface area contributed by atoms with E-state index in [0.717, 1.165) is 15.6 Å². The summed E-state index contributed by atoms with van der Waals surface area (Å²) in [6.45, 7) is 2.69. The van der Waals surface area contributed by atoms with Gasteiger partial charge in [-0.3, -0.25) is 9.78 Å². The lowest BCUT2D eigenvalue weighted by Gasteiger charge is -2.08. The van der Waals surface area contributed by atoms with Gasteiger partial charge in [-0.05, 0) is 66.4 Å². The smallest absolute Gasteiger partial charge is 0.261 e. The fourth-order valence-electron chi connectivity index (χ4n) is 3.07. The molecule has 6 nitrogen and oxygen atoms in total. The van der Waals surface area contributed by atoms with E-state index >= 15 is 0 Å². The van der Waals surface area contributed by atoms with E-state index < -0.39 is 9.84 Å². The topological polar surface area (TPSA) is 85.4 Å². The largest absolute Gasteiger partial charge is 0.494 e. The van der Waals surface area contributed by atoms with E-state index in [1.54, 1.807) is 48.8 Å². The van der Waals surface area contributed by atoms with E-state index in [4.69, 9.17) is 4.74 Å².